The maximum atomic E-state index is 12.2. The molecule has 0 bridgehead atoms. The molecule has 126 valence electrons. The Labute approximate surface area is 136 Å². The van der Waals surface area contributed by atoms with Crippen molar-refractivity contribution in [3.63, 3.8) is 0 Å². The third-order valence-electron chi connectivity index (χ3n) is 4.67. The Morgan fingerprint density at radius 2 is 2.22 bits per heavy atom. The van der Waals surface area contributed by atoms with Crippen molar-refractivity contribution in [2.45, 2.75) is 31.4 Å². The molecule has 1 aromatic rings. The second-order valence-electron chi connectivity index (χ2n) is 6.08. The van der Waals surface area contributed by atoms with Gasteiger partial charge in [0.1, 0.15) is 5.69 Å². The minimum Gasteiger partial charge on any atom is -0.379 e. The maximum Gasteiger partial charge on any atom is 0.271 e. The summed E-state index contributed by atoms with van der Waals surface area (Å²) in [5, 5.41) is 3.02. The van der Waals surface area contributed by atoms with Crippen molar-refractivity contribution in [3.05, 3.63) is 24.3 Å². The summed E-state index contributed by atoms with van der Waals surface area (Å²) in [6.45, 7) is 6.66. The molecule has 1 amide bonds. The summed E-state index contributed by atoms with van der Waals surface area (Å²) in [6.07, 6.45) is 6.76. The highest BCUT2D eigenvalue weighted by molar-refractivity contribution is 5.91. The van der Waals surface area contributed by atoms with Gasteiger partial charge in [0, 0.05) is 44.2 Å². The van der Waals surface area contributed by atoms with E-state index in [2.05, 4.69) is 20.2 Å². The Bertz CT molecular complexity index is 513. The van der Waals surface area contributed by atoms with Gasteiger partial charge in [-0.15, -0.1) is 0 Å². The van der Waals surface area contributed by atoms with E-state index in [0.29, 0.717) is 12.2 Å². The van der Waals surface area contributed by atoms with Crippen molar-refractivity contribution in [3.8, 4) is 0 Å². The Morgan fingerprint density at radius 3 is 2.87 bits per heavy atom. The summed E-state index contributed by atoms with van der Waals surface area (Å²) in [5.41, 5.74) is 0.326. The molecule has 0 spiro atoms. The zero-order valence-corrected chi connectivity index (χ0v) is 13.5. The highest BCUT2D eigenvalue weighted by Gasteiger charge is 2.49. The first-order chi connectivity index (χ1) is 11.2. The van der Waals surface area contributed by atoms with Crippen molar-refractivity contribution in [1.29, 1.82) is 0 Å². The number of hydrogen-bond donors (Lipinski definition) is 1. The fourth-order valence-electron chi connectivity index (χ4n) is 3.45. The fraction of sp³-hybridized carbons (Fsp3) is 0.688. The van der Waals surface area contributed by atoms with Gasteiger partial charge in [0.15, 0.2) is 0 Å². The lowest BCUT2D eigenvalue weighted by molar-refractivity contribution is -0.124. The molecule has 3 rings (SSSR count). The number of nitrogens with one attached hydrogen (secondary N) is 1. The summed E-state index contributed by atoms with van der Waals surface area (Å²) in [7, 11) is 0. The van der Waals surface area contributed by atoms with Gasteiger partial charge in [-0.25, -0.2) is 4.98 Å². The summed E-state index contributed by atoms with van der Waals surface area (Å²) in [6, 6.07) is 0. The van der Waals surface area contributed by atoms with Crippen LogP contribution < -0.4 is 5.32 Å². The van der Waals surface area contributed by atoms with Gasteiger partial charge in [-0.1, -0.05) is 0 Å². The normalized spacial score (nSPS) is 28.1. The summed E-state index contributed by atoms with van der Waals surface area (Å²) in [4.78, 5) is 22.7. The third kappa shape index (κ3) is 3.68. The molecule has 2 heterocycles. The second kappa shape index (κ2) is 7.33. The average Bonchev–Trinajstić information content (AvgIpc) is 2.58. The van der Waals surface area contributed by atoms with E-state index in [4.69, 9.17) is 9.47 Å². The Morgan fingerprint density at radius 1 is 1.43 bits per heavy atom. The SMILES string of the molecule is CCOC1CC(CNC(=O)c2cnccn2)(N2CCOCC2)C1. The van der Waals surface area contributed by atoms with Crippen LogP contribution in [0.2, 0.25) is 0 Å². The topological polar surface area (TPSA) is 76.6 Å². The van der Waals surface area contributed by atoms with Crippen molar-refractivity contribution in [2.24, 2.45) is 0 Å². The van der Waals surface area contributed by atoms with Crippen LogP contribution in [0.25, 0.3) is 0 Å². The van der Waals surface area contributed by atoms with Crippen LogP contribution in [0.4, 0.5) is 0 Å². The summed E-state index contributed by atoms with van der Waals surface area (Å²) < 4.78 is 11.2. The molecule has 1 saturated carbocycles. The number of ether oxygens (including phenoxy) is 2. The number of rotatable bonds is 6. The minimum atomic E-state index is -0.175. The van der Waals surface area contributed by atoms with E-state index in [1.165, 1.54) is 12.4 Å². The highest BCUT2D eigenvalue weighted by atomic mass is 16.5. The lowest BCUT2D eigenvalue weighted by Gasteiger charge is -2.55. The van der Waals surface area contributed by atoms with Gasteiger partial charge in [-0.3, -0.25) is 14.7 Å². The molecule has 0 unspecified atom stereocenters. The third-order valence-corrected chi connectivity index (χ3v) is 4.67. The number of carbonyl (C=O) groups is 1. The number of nitrogens with zero attached hydrogens (tertiary/aromatic N) is 3. The molecule has 1 N–H and O–H groups in total. The molecule has 2 fully saturated rings. The van der Waals surface area contributed by atoms with E-state index in [1.54, 1.807) is 6.20 Å². The Balaban J connectivity index is 1.61. The fourth-order valence-corrected chi connectivity index (χ4v) is 3.45. The molecule has 2 aliphatic rings. The van der Waals surface area contributed by atoms with Gasteiger partial charge >= 0.3 is 0 Å². The number of amides is 1. The minimum absolute atomic E-state index is 0.0263. The van der Waals surface area contributed by atoms with Crippen LogP contribution in [-0.2, 0) is 9.47 Å². The number of aromatic nitrogens is 2. The molecule has 1 aliphatic heterocycles. The van der Waals surface area contributed by atoms with E-state index in [1.807, 2.05) is 6.92 Å². The van der Waals surface area contributed by atoms with E-state index in [-0.39, 0.29) is 17.6 Å². The van der Waals surface area contributed by atoms with Crippen LogP contribution in [0.1, 0.15) is 30.3 Å². The van der Waals surface area contributed by atoms with E-state index < -0.39 is 0 Å². The van der Waals surface area contributed by atoms with Crippen LogP contribution in [-0.4, -0.2) is 71.9 Å². The largest absolute Gasteiger partial charge is 0.379 e. The molecule has 0 radical (unpaired) electrons. The van der Waals surface area contributed by atoms with E-state index >= 15 is 0 Å². The predicted molar refractivity (Wildman–Crippen MR) is 84.1 cm³/mol. The van der Waals surface area contributed by atoms with Crippen LogP contribution in [0.5, 0.6) is 0 Å². The van der Waals surface area contributed by atoms with Gasteiger partial charge in [-0.2, -0.15) is 0 Å². The first-order valence-corrected chi connectivity index (χ1v) is 8.22. The molecular formula is C16H24N4O3. The zero-order chi connectivity index (χ0) is 16.1. The van der Waals surface area contributed by atoms with Crippen molar-refractivity contribution in [1.82, 2.24) is 20.2 Å². The predicted octanol–water partition coefficient (Wildman–Crippen LogP) is 0.476. The Hall–Kier alpha value is -1.57. The maximum absolute atomic E-state index is 12.2. The first-order valence-electron chi connectivity index (χ1n) is 8.22. The average molecular weight is 320 g/mol. The van der Waals surface area contributed by atoms with E-state index in [9.17, 15) is 4.79 Å². The molecule has 7 nitrogen and oxygen atoms in total. The molecule has 0 aromatic carbocycles. The number of carbonyl (C=O) groups excluding carboxylic acids is 1. The van der Waals surface area contributed by atoms with Crippen LogP contribution >= 0.6 is 0 Å². The summed E-state index contributed by atoms with van der Waals surface area (Å²) >= 11 is 0. The molecule has 1 aliphatic carbocycles. The van der Waals surface area contributed by atoms with Crippen LogP contribution in [0.15, 0.2) is 18.6 Å². The molecule has 7 heteroatoms. The first kappa shape index (κ1) is 16.3. The summed E-state index contributed by atoms with van der Waals surface area (Å²) in [5.74, 6) is -0.175. The van der Waals surface area contributed by atoms with Gasteiger partial charge in [-0.05, 0) is 19.8 Å². The van der Waals surface area contributed by atoms with Crippen molar-refractivity contribution < 1.29 is 14.3 Å². The zero-order valence-electron chi connectivity index (χ0n) is 13.5. The molecule has 0 atom stereocenters. The van der Waals surface area contributed by atoms with Gasteiger partial charge in [0.25, 0.3) is 5.91 Å². The monoisotopic (exact) mass is 320 g/mol. The second-order valence-corrected chi connectivity index (χ2v) is 6.08. The quantitative estimate of drug-likeness (QED) is 0.821. The van der Waals surface area contributed by atoms with Gasteiger partial charge in [0.05, 0.1) is 25.5 Å². The smallest absolute Gasteiger partial charge is 0.271 e. The highest BCUT2D eigenvalue weighted by Crippen LogP contribution is 2.39. The van der Waals surface area contributed by atoms with Gasteiger partial charge in [0.2, 0.25) is 0 Å². The number of hydrogen-bond acceptors (Lipinski definition) is 6. The van der Waals surface area contributed by atoms with Crippen LogP contribution in [0.3, 0.4) is 0 Å². The molecule has 23 heavy (non-hydrogen) atoms. The molecule has 1 saturated heterocycles. The van der Waals surface area contributed by atoms with Crippen molar-refractivity contribution >= 4 is 5.91 Å². The van der Waals surface area contributed by atoms with Gasteiger partial charge < -0.3 is 14.8 Å². The van der Waals surface area contributed by atoms with Crippen molar-refractivity contribution in [2.75, 3.05) is 39.5 Å². The lowest BCUT2D eigenvalue weighted by atomic mass is 9.72. The van der Waals surface area contributed by atoms with Crippen LogP contribution in [0, 0.1) is 0 Å². The molecular weight excluding hydrogens is 296 g/mol. The molecule has 1 aromatic heterocycles. The number of morpholine rings is 1. The lowest BCUT2D eigenvalue weighted by Crippen LogP contribution is -2.67. The van der Waals surface area contributed by atoms with E-state index in [0.717, 1.165) is 45.8 Å². The Kier molecular flexibility index (Phi) is 5.20. The standard InChI is InChI=1S/C16H24N4O3/c1-2-23-13-9-16(10-13,20-5-7-22-8-6-20)12-19-15(21)14-11-17-3-4-18-14/h3-4,11,13H,2,5-10,12H2,1H3,(H,19,21).